The van der Waals surface area contributed by atoms with E-state index >= 15 is 0 Å². The molecule has 0 radical (unpaired) electrons. The summed E-state index contributed by atoms with van der Waals surface area (Å²) in [4.78, 5) is 13.1. The molecule has 1 saturated carbocycles. The molecule has 5 nitrogen and oxygen atoms in total. The van der Waals surface area contributed by atoms with E-state index in [0.717, 1.165) is 54.3 Å². The van der Waals surface area contributed by atoms with E-state index in [4.69, 9.17) is 14.2 Å². The zero-order valence-electron chi connectivity index (χ0n) is 17.4. The van der Waals surface area contributed by atoms with Crippen LogP contribution in [0.4, 0.5) is 5.69 Å². The number of ether oxygens (including phenoxy) is 3. The van der Waals surface area contributed by atoms with Crippen LogP contribution in [0.3, 0.4) is 0 Å². The first-order valence-electron chi connectivity index (χ1n) is 10.5. The zero-order chi connectivity index (χ0) is 20.3. The van der Waals surface area contributed by atoms with Crippen molar-refractivity contribution in [2.75, 3.05) is 20.8 Å². The van der Waals surface area contributed by atoms with Gasteiger partial charge in [0.15, 0.2) is 11.5 Å². The number of nitrogens with zero attached hydrogens (tertiary/aromatic N) is 1. The lowest BCUT2D eigenvalue weighted by atomic mass is 10.1. The van der Waals surface area contributed by atoms with Gasteiger partial charge < -0.3 is 14.2 Å². The van der Waals surface area contributed by atoms with Crippen molar-refractivity contribution in [3.63, 3.8) is 0 Å². The van der Waals surface area contributed by atoms with Gasteiger partial charge >= 0.3 is 5.91 Å². The van der Waals surface area contributed by atoms with Gasteiger partial charge in [-0.2, -0.15) is 0 Å². The van der Waals surface area contributed by atoms with Crippen molar-refractivity contribution < 1.29 is 19.0 Å². The summed E-state index contributed by atoms with van der Waals surface area (Å²) in [6.45, 7) is 1.41. The Morgan fingerprint density at radius 1 is 0.966 bits per heavy atom. The first-order chi connectivity index (χ1) is 14.1. The van der Waals surface area contributed by atoms with Gasteiger partial charge in [0, 0.05) is 24.1 Å². The molecule has 4 rings (SSSR count). The van der Waals surface area contributed by atoms with Gasteiger partial charge in [-0.25, -0.2) is 9.28 Å². The third-order valence-electron chi connectivity index (χ3n) is 6.23. The number of methoxy groups -OCH3 is 2. The van der Waals surface area contributed by atoms with Crippen LogP contribution in [0.5, 0.6) is 17.2 Å². The molecule has 0 N–H and O–H groups in total. The summed E-state index contributed by atoms with van der Waals surface area (Å²) in [6.07, 6.45) is 6.32. The molecule has 1 aliphatic heterocycles. The molecular formula is C24H30NO4+. The van der Waals surface area contributed by atoms with Crippen LogP contribution in [0.25, 0.3) is 0 Å². The minimum atomic E-state index is 0.236. The average Bonchev–Trinajstić information content (AvgIpc) is 3.38. The van der Waals surface area contributed by atoms with E-state index in [1.54, 1.807) is 14.2 Å². The second-order valence-electron chi connectivity index (χ2n) is 8.06. The van der Waals surface area contributed by atoms with E-state index in [0.29, 0.717) is 17.4 Å². The summed E-state index contributed by atoms with van der Waals surface area (Å²) in [5.74, 6) is 2.55. The number of hydrogen-bond acceptors (Lipinski definition) is 4. The Hall–Kier alpha value is -2.53. The van der Waals surface area contributed by atoms with Crippen molar-refractivity contribution >= 4 is 11.6 Å². The number of rotatable bonds is 7. The third kappa shape index (κ3) is 3.97. The fraction of sp³-hybridized carbons (Fsp3) is 0.458. The van der Waals surface area contributed by atoms with Crippen LogP contribution in [-0.2, 0) is 11.3 Å². The van der Waals surface area contributed by atoms with Gasteiger partial charge in [0.25, 0.3) is 0 Å². The Morgan fingerprint density at radius 2 is 1.79 bits per heavy atom. The summed E-state index contributed by atoms with van der Waals surface area (Å²) in [5, 5.41) is 0. The summed E-state index contributed by atoms with van der Waals surface area (Å²) in [6, 6.07) is 14.0. The highest BCUT2D eigenvalue weighted by molar-refractivity contribution is 5.90. The Kier molecular flexibility index (Phi) is 5.76. The number of carbonyl (C=O) groups excluding carboxylic acids is 1. The molecule has 0 aromatic heterocycles. The Morgan fingerprint density at radius 3 is 2.48 bits per heavy atom. The lowest BCUT2D eigenvalue weighted by Crippen LogP contribution is -2.49. The van der Waals surface area contributed by atoms with Crippen molar-refractivity contribution in [2.24, 2.45) is 0 Å². The van der Waals surface area contributed by atoms with Crippen LogP contribution >= 0.6 is 0 Å². The van der Waals surface area contributed by atoms with Crippen LogP contribution in [0.1, 0.15) is 44.1 Å². The zero-order valence-corrected chi connectivity index (χ0v) is 17.4. The molecule has 154 valence electrons. The molecular weight excluding hydrogens is 366 g/mol. The average molecular weight is 397 g/mol. The standard InChI is InChI=1S/C24H30NO4/c1-27-21-10-5-7-18(15-21)17-25(14-6-11-24(25)26)19-12-13-22(28-2)23(16-19)29-20-8-3-4-9-20/h5,7,10,12-13,15-16,20H,3-4,6,8-9,11,14,17H2,1-2H3/q+1. The molecule has 2 aromatic carbocycles. The molecule has 0 bridgehead atoms. The number of likely N-dealkylation sites (tertiary alicyclic amines) is 1. The maximum atomic E-state index is 13.1. The van der Waals surface area contributed by atoms with Crippen LogP contribution in [0.2, 0.25) is 0 Å². The Balaban J connectivity index is 1.70. The SMILES string of the molecule is COc1cccc(C[N+]2(c3ccc(OC)c(OC4CCCC4)c3)CCCC2=O)c1. The number of benzene rings is 2. The first-order valence-corrected chi connectivity index (χ1v) is 10.5. The highest BCUT2D eigenvalue weighted by Crippen LogP contribution is 2.40. The molecule has 1 atom stereocenters. The number of amides is 1. The van der Waals surface area contributed by atoms with Gasteiger partial charge in [0.05, 0.1) is 33.3 Å². The molecule has 1 amide bonds. The van der Waals surface area contributed by atoms with Gasteiger partial charge in [-0.3, -0.25) is 0 Å². The number of hydrogen-bond donors (Lipinski definition) is 0. The van der Waals surface area contributed by atoms with Crippen LogP contribution in [-0.4, -0.2) is 32.8 Å². The highest BCUT2D eigenvalue weighted by atomic mass is 16.5. The summed E-state index contributed by atoms with van der Waals surface area (Å²) in [5.41, 5.74) is 2.07. The number of quaternary nitrogens is 1. The molecule has 1 aliphatic carbocycles. The van der Waals surface area contributed by atoms with Crippen molar-refractivity contribution in [3.8, 4) is 17.2 Å². The van der Waals surface area contributed by atoms with E-state index in [1.807, 2.05) is 36.4 Å². The quantitative estimate of drug-likeness (QED) is 0.628. The smallest absolute Gasteiger partial charge is 0.319 e. The van der Waals surface area contributed by atoms with Crippen molar-refractivity contribution in [3.05, 3.63) is 48.0 Å². The largest absolute Gasteiger partial charge is 0.497 e. The lowest BCUT2D eigenvalue weighted by molar-refractivity contribution is -0.127. The molecule has 2 aliphatic rings. The minimum absolute atomic E-state index is 0.236. The molecule has 2 fully saturated rings. The van der Waals surface area contributed by atoms with E-state index in [9.17, 15) is 4.79 Å². The number of carbonyl (C=O) groups is 1. The van der Waals surface area contributed by atoms with Crippen LogP contribution in [0.15, 0.2) is 42.5 Å². The molecule has 5 heteroatoms. The first kappa shape index (κ1) is 19.8. The van der Waals surface area contributed by atoms with E-state index < -0.39 is 0 Å². The fourth-order valence-electron chi connectivity index (χ4n) is 4.66. The minimum Gasteiger partial charge on any atom is -0.497 e. The Bertz CT molecular complexity index is 875. The Labute approximate surface area is 172 Å². The molecule has 1 heterocycles. The molecule has 1 unspecified atom stereocenters. The van der Waals surface area contributed by atoms with Crippen molar-refractivity contribution in [1.82, 2.24) is 4.48 Å². The van der Waals surface area contributed by atoms with Gasteiger partial charge in [0.2, 0.25) is 0 Å². The van der Waals surface area contributed by atoms with Gasteiger partial charge in [-0.15, -0.1) is 0 Å². The van der Waals surface area contributed by atoms with Gasteiger partial charge in [-0.1, -0.05) is 12.1 Å². The summed E-state index contributed by atoms with van der Waals surface area (Å²) in [7, 11) is 3.33. The topological polar surface area (TPSA) is 44.8 Å². The summed E-state index contributed by atoms with van der Waals surface area (Å²) >= 11 is 0. The fourth-order valence-corrected chi connectivity index (χ4v) is 4.66. The second-order valence-corrected chi connectivity index (χ2v) is 8.06. The van der Waals surface area contributed by atoms with Crippen molar-refractivity contribution in [2.45, 2.75) is 51.2 Å². The summed E-state index contributed by atoms with van der Waals surface area (Å²) < 4.78 is 17.5. The molecule has 2 aromatic rings. The molecule has 1 saturated heterocycles. The maximum absolute atomic E-state index is 13.1. The van der Waals surface area contributed by atoms with Gasteiger partial charge in [0.1, 0.15) is 18.0 Å². The predicted molar refractivity (Wildman–Crippen MR) is 113 cm³/mol. The monoisotopic (exact) mass is 396 g/mol. The second kappa shape index (κ2) is 8.46. The van der Waals surface area contributed by atoms with Crippen LogP contribution < -0.4 is 18.7 Å². The normalized spacial score (nSPS) is 22.1. The third-order valence-corrected chi connectivity index (χ3v) is 6.23. The predicted octanol–water partition coefficient (Wildman–Crippen LogP) is 4.85. The lowest BCUT2D eigenvalue weighted by Gasteiger charge is -2.32. The van der Waals surface area contributed by atoms with Crippen molar-refractivity contribution in [1.29, 1.82) is 0 Å². The highest BCUT2D eigenvalue weighted by Gasteiger charge is 2.44. The van der Waals surface area contributed by atoms with E-state index in [-0.39, 0.29) is 12.0 Å². The van der Waals surface area contributed by atoms with Gasteiger partial charge in [-0.05, 0) is 43.9 Å². The maximum Gasteiger partial charge on any atom is 0.319 e. The van der Waals surface area contributed by atoms with E-state index in [2.05, 4.69) is 6.07 Å². The van der Waals surface area contributed by atoms with Crippen LogP contribution in [0, 0.1) is 0 Å². The van der Waals surface area contributed by atoms with E-state index in [1.165, 1.54) is 12.8 Å². The molecule has 0 spiro atoms. The molecule has 29 heavy (non-hydrogen) atoms.